The van der Waals surface area contributed by atoms with Crippen molar-refractivity contribution in [2.24, 2.45) is 0 Å². The Morgan fingerprint density at radius 2 is 1.36 bits per heavy atom. The second kappa shape index (κ2) is 6.22. The molecule has 1 rings (SSSR count). The van der Waals surface area contributed by atoms with E-state index >= 15 is 0 Å². The van der Waals surface area contributed by atoms with Crippen LogP contribution in [0.1, 0.15) is 20.7 Å². The third-order valence-corrected chi connectivity index (χ3v) is 3.22. The van der Waals surface area contributed by atoms with Crippen molar-refractivity contribution in [1.82, 2.24) is 0 Å². The van der Waals surface area contributed by atoms with Gasteiger partial charge in [0.05, 0.1) is 25.3 Å². The van der Waals surface area contributed by atoms with Gasteiger partial charge in [-0.1, -0.05) is 0 Å². The van der Waals surface area contributed by atoms with Gasteiger partial charge < -0.3 is 13.7 Å². The summed E-state index contributed by atoms with van der Waals surface area (Å²) in [4.78, 5) is 22.8. The molecule has 1 aromatic rings. The largest absolute Gasteiger partial charge is 0.534 e. The fourth-order valence-corrected chi connectivity index (χ4v) is 1.74. The van der Waals surface area contributed by atoms with Crippen molar-refractivity contribution in [3.8, 4) is 5.75 Å². The first-order valence-corrected chi connectivity index (χ1v) is 6.75. The number of benzene rings is 1. The molecule has 0 saturated heterocycles. The molecule has 0 aliphatic rings. The molecule has 0 aliphatic heterocycles. The average molecular weight is 342 g/mol. The molecular formula is C11H9F3O7S. The Balaban J connectivity index is 3.36. The molecule has 0 unspecified atom stereocenters. The van der Waals surface area contributed by atoms with Gasteiger partial charge in [-0.2, -0.15) is 21.6 Å². The number of carbonyl (C=O) groups is 2. The van der Waals surface area contributed by atoms with E-state index < -0.39 is 44.4 Å². The molecule has 0 aliphatic carbocycles. The van der Waals surface area contributed by atoms with Crippen molar-refractivity contribution in [3.63, 3.8) is 0 Å². The first kappa shape index (κ1) is 17.8. The van der Waals surface area contributed by atoms with E-state index in [1.54, 1.807) is 0 Å². The normalized spacial score (nSPS) is 11.7. The summed E-state index contributed by atoms with van der Waals surface area (Å²) in [7, 11) is -3.98. The molecule has 122 valence electrons. The molecule has 0 bridgehead atoms. The lowest BCUT2D eigenvalue weighted by Gasteiger charge is -2.11. The predicted octanol–water partition coefficient (Wildman–Crippen LogP) is 1.49. The summed E-state index contributed by atoms with van der Waals surface area (Å²) >= 11 is 0. The fraction of sp³-hybridized carbons (Fsp3) is 0.273. The van der Waals surface area contributed by atoms with E-state index in [1.165, 1.54) is 0 Å². The van der Waals surface area contributed by atoms with Crippen LogP contribution >= 0.6 is 0 Å². The van der Waals surface area contributed by atoms with Gasteiger partial charge >= 0.3 is 27.6 Å². The summed E-state index contributed by atoms with van der Waals surface area (Å²) < 4.78 is 71.3. The Labute approximate surface area is 122 Å². The van der Waals surface area contributed by atoms with E-state index in [0.29, 0.717) is 12.1 Å². The van der Waals surface area contributed by atoms with E-state index in [1.807, 2.05) is 0 Å². The number of esters is 2. The van der Waals surface area contributed by atoms with Gasteiger partial charge in [-0.3, -0.25) is 0 Å². The summed E-state index contributed by atoms with van der Waals surface area (Å²) in [5.41, 5.74) is -6.45. The number of methoxy groups -OCH3 is 2. The lowest BCUT2D eigenvalue weighted by Crippen LogP contribution is -2.28. The van der Waals surface area contributed by atoms with Crippen molar-refractivity contribution in [3.05, 3.63) is 29.3 Å². The molecule has 7 nitrogen and oxygen atoms in total. The molecular weight excluding hydrogens is 333 g/mol. The van der Waals surface area contributed by atoms with Crippen molar-refractivity contribution >= 4 is 22.1 Å². The SMILES string of the molecule is COC(=O)c1cc(OS(=O)(=O)C(F)(F)F)cc(C(=O)OC)c1. The van der Waals surface area contributed by atoms with Crippen LogP contribution in [0.4, 0.5) is 13.2 Å². The van der Waals surface area contributed by atoms with Gasteiger partial charge in [0.1, 0.15) is 5.75 Å². The maximum atomic E-state index is 12.3. The highest BCUT2D eigenvalue weighted by atomic mass is 32.2. The number of carbonyl (C=O) groups excluding carboxylic acids is 2. The minimum Gasteiger partial charge on any atom is -0.465 e. The summed E-state index contributed by atoms with van der Waals surface area (Å²) in [5, 5.41) is 0. The maximum Gasteiger partial charge on any atom is 0.534 e. The molecule has 0 spiro atoms. The monoisotopic (exact) mass is 342 g/mol. The highest BCUT2D eigenvalue weighted by molar-refractivity contribution is 7.88. The second-order valence-corrected chi connectivity index (χ2v) is 5.25. The van der Waals surface area contributed by atoms with E-state index in [9.17, 15) is 31.2 Å². The second-order valence-electron chi connectivity index (χ2n) is 3.71. The Bertz CT molecular complexity index is 660. The summed E-state index contributed by atoms with van der Waals surface area (Å²) in [6.45, 7) is 0. The van der Waals surface area contributed by atoms with E-state index in [-0.39, 0.29) is 0 Å². The van der Waals surface area contributed by atoms with E-state index in [2.05, 4.69) is 13.7 Å². The Morgan fingerprint density at radius 1 is 0.955 bits per heavy atom. The van der Waals surface area contributed by atoms with Crippen LogP contribution in [0.15, 0.2) is 18.2 Å². The molecule has 1 aromatic carbocycles. The van der Waals surface area contributed by atoms with Gasteiger partial charge in [0.15, 0.2) is 0 Å². The summed E-state index contributed by atoms with van der Waals surface area (Å²) in [5.74, 6) is -2.92. The molecule has 11 heteroatoms. The number of alkyl halides is 3. The van der Waals surface area contributed by atoms with Gasteiger partial charge in [0, 0.05) is 0 Å². The highest BCUT2D eigenvalue weighted by Crippen LogP contribution is 2.28. The topological polar surface area (TPSA) is 96.0 Å². The van der Waals surface area contributed by atoms with Crippen LogP contribution in [0.3, 0.4) is 0 Å². The first-order valence-electron chi connectivity index (χ1n) is 5.34. The van der Waals surface area contributed by atoms with Crippen molar-refractivity contribution in [2.45, 2.75) is 5.51 Å². The molecule has 0 amide bonds. The van der Waals surface area contributed by atoms with Crippen LogP contribution in [-0.4, -0.2) is 40.1 Å². The number of hydrogen-bond acceptors (Lipinski definition) is 7. The summed E-state index contributed by atoms with van der Waals surface area (Å²) in [6.07, 6.45) is 0. The average Bonchev–Trinajstić information content (AvgIpc) is 2.43. The molecule has 0 radical (unpaired) electrons. The van der Waals surface area contributed by atoms with Crippen LogP contribution in [0.2, 0.25) is 0 Å². The Morgan fingerprint density at radius 3 is 1.68 bits per heavy atom. The standard InChI is InChI=1S/C11H9F3O7S/c1-19-9(15)6-3-7(10(16)20-2)5-8(4-6)21-22(17,18)11(12,13)14/h3-5H,1-2H3. The minimum absolute atomic E-state index is 0.391. The maximum absolute atomic E-state index is 12.3. The van der Waals surface area contributed by atoms with Crippen LogP contribution in [0, 0.1) is 0 Å². The quantitative estimate of drug-likeness (QED) is 0.465. The van der Waals surface area contributed by atoms with Crippen LogP contribution in [0.25, 0.3) is 0 Å². The molecule has 0 saturated carbocycles. The van der Waals surface area contributed by atoms with Crippen LogP contribution < -0.4 is 4.18 Å². The van der Waals surface area contributed by atoms with Crippen LogP contribution in [0.5, 0.6) is 5.75 Å². The zero-order valence-corrected chi connectivity index (χ0v) is 11.9. The number of hydrogen-bond donors (Lipinski definition) is 0. The van der Waals surface area contributed by atoms with E-state index in [0.717, 1.165) is 20.3 Å². The molecule has 0 N–H and O–H groups in total. The number of halogens is 3. The van der Waals surface area contributed by atoms with Gasteiger partial charge in [0.25, 0.3) is 0 Å². The van der Waals surface area contributed by atoms with Crippen molar-refractivity contribution in [2.75, 3.05) is 14.2 Å². The highest BCUT2D eigenvalue weighted by Gasteiger charge is 2.48. The smallest absolute Gasteiger partial charge is 0.465 e. The van der Waals surface area contributed by atoms with Crippen molar-refractivity contribution < 1.29 is 44.8 Å². The zero-order chi connectivity index (χ0) is 17.1. The zero-order valence-electron chi connectivity index (χ0n) is 11.1. The van der Waals surface area contributed by atoms with Crippen LogP contribution in [-0.2, 0) is 19.6 Å². The minimum atomic E-state index is -5.95. The lowest BCUT2D eigenvalue weighted by molar-refractivity contribution is -0.0500. The Hall–Kier alpha value is -2.30. The third kappa shape index (κ3) is 3.87. The number of ether oxygens (including phenoxy) is 2. The molecule has 0 fully saturated rings. The number of rotatable bonds is 4. The van der Waals surface area contributed by atoms with E-state index in [4.69, 9.17) is 0 Å². The van der Waals surface area contributed by atoms with Crippen molar-refractivity contribution in [1.29, 1.82) is 0 Å². The molecule has 22 heavy (non-hydrogen) atoms. The first-order chi connectivity index (χ1) is 10.0. The lowest BCUT2D eigenvalue weighted by atomic mass is 10.1. The van der Waals surface area contributed by atoms with Gasteiger partial charge in [-0.15, -0.1) is 0 Å². The Kier molecular flexibility index (Phi) is 5.02. The van der Waals surface area contributed by atoms with Gasteiger partial charge in [-0.25, -0.2) is 9.59 Å². The molecule has 0 aromatic heterocycles. The fourth-order valence-electron chi connectivity index (χ4n) is 1.29. The molecule has 0 heterocycles. The molecule has 0 atom stereocenters. The summed E-state index contributed by atoms with van der Waals surface area (Å²) in [6, 6.07) is 2.31. The van der Waals surface area contributed by atoms with Gasteiger partial charge in [0.2, 0.25) is 0 Å². The predicted molar refractivity (Wildman–Crippen MR) is 64.7 cm³/mol. The third-order valence-electron chi connectivity index (χ3n) is 2.24. The van der Waals surface area contributed by atoms with Gasteiger partial charge in [-0.05, 0) is 18.2 Å².